The average molecular weight is 473 g/mol. The van der Waals surface area contributed by atoms with Gasteiger partial charge in [0.2, 0.25) is 0 Å². The quantitative estimate of drug-likeness (QED) is 0.605. The normalized spacial score (nSPS) is 48.0. The van der Waals surface area contributed by atoms with Crippen molar-refractivity contribution < 1.29 is 33.4 Å². The highest BCUT2D eigenvalue weighted by molar-refractivity contribution is 5.89. The fraction of sp³-hybridized carbons (Fsp3) is 0.741. The van der Waals surface area contributed by atoms with Crippen molar-refractivity contribution in [3.8, 4) is 0 Å². The number of fused-ring (bicyclic) bond motifs is 5. The van der Waals surface area contributed by atoms with E-state index in [9.17, 15) is 19.5 Å². The number of ether oxygens (including phenoxy) is 2. The minimum Gasteiger partial charge on any atom is -0.472 e. The lowest BCUT2D eigenvalue weighted by Crippen LogP contribution is -2.72. The number of hydrogen-bond donors (Lipinski definition) is 1. The van der Waals surface area contributed by atoms with Crippen molar-refractivity contribution >= 4 is 17.7 Å². The second kappa shape index (κ2) is 6.96. The maximum atomic E-state index is 14.2. The van der Waals surface area contributed by atoms with Crippen LogP contribution in [0, 0.1) is 33.5 Å². The van der Waals surface area contributed by atoms with E-state index >= 15 is 0 Å². The van der Waals surface area contributed by atoms with Gasteiger partial charge in [-0.1, -0.05) is 27.7 Å². The number of ketones is 1. The zero-order valence-electron chi connectivity index (χ0n) is 21.0. The Labute approximate surface area is 200 Å². The van der Waals surface area contributed by atoms with Crippen LogP contribution in [0.1, 0.15) is 85.3 Å². The van der Waals surface area contributed by atoms with Crippen LogP contribution in [-0.2, 0) is 23.9 Å². The molecule has 2 aliphatic carbocycles. The Bertz CT molecular complexity index is 1040. The summed E-state index contributed by atoms with van der Waals surface area (Å²) in [6, 6.07) is 1.82. The number of furan rings is 1. The summed E-state index contributed by atoms with van der Waals surface area (Å²) in [5, 5.41) is 11.5. The fourth-order valence-corrected chi connectivity index (χ4v) is 8.78. The minimum atomic E-state index is -0.933. The van der Waals surface area contributed by atoms with Gasteiger partial charge in [-0.15, -0.1) is 0 Å². The van der Waals surface area contributed by atoms with Gasteiger partial charge in [-0.2, -0.15) is 0 Å². The number of carbonyl (C=O) groups is 3. The van der Waals surface area contributed by atoms with Gasteiger partial charge in [-0.05, 0) is 44.1 Å². The maximum Gasteiger partial charge on any atom is 0.308 e. The highest BCUT2D eigenvalue weighted by atomic mass is 16.6. The molecule has 6 unspecified atom stereocenters. The molecule has 1 N–H and O–H groups in total. The van der Waals surface area contributed by atoms with Gasteiger partial charge >= 0.3 is 11.9 Å². The third-order valence-corrected chi connectivity index (χ3v) is 11.0. The molecule has 3 heterocycles. The maximum absolute atomic E-state index is 14.2. The Balaban J connectivity index is 1.69. The van der Waals surface area contributed by atoms with Gasteiger partial charge in [0, 0.05) is 34.1 Å². The third-order valence-electron chi connectivity index (χ3n) is 11.0. The monoisotopic (exact) mass is 472 g/mol. The molecule has 0 spiro atoms. The van der Waals surface area contributed by atoms with Crippen LogP contribution in [0.3, 0.4) is 0 Å². The third kappa shape index (κ3) is 2.65. The molecule has 2 saturated carbocycles. The second-order valence-electron chi connectivity index (χ2n) is 12.5. The summed E-state index contributed by atoms with van der Waals surface area (Å²) >= 11 is 0. The first-order chi connectivity index (χ1) is 15.7. The summed E-state index contributed by atoms with van der Waals surface area (Å²) in [7, 11) is 0. The van der Waals surface area contributed by atoms with E-state index in [0.29, 0.717) is 12.8 Å². The van der Waals surface area contributed by atoms with E-state index in [-0.39, 0.29) is 42.9 Å². The van der Waals surface area contributed by atoms with E-state index in [2.05, 4.69) is 13.8 Å². The summed E-state index contributed by atoms with van der Waals surface area (Å²) in [5.74, 6) is -1.22. The molecule has 4 fully saturated rings. The molecule has 0 amide bonds. The van der Waals surface area contributed by atoms with Gasteiger partial charge in [0.15, 0.2) is 0 Å². The second-order valence-corrected chi connectivity index (χ2v) is 12.5. The largest absolute Gasteiger partial charge is 0.472 e. The van der Waals surface area contributed by atoms with Gasteiger partial charge in [0.25, 0.3) is 0 Å². The molecule has 2 aliphatic heterocycles. The zero-order chi connectivity index (χ0) is 24.9. The van der Waals surface area contributed by atoms with Gasteiger partial charge in [-0.25, -0.2) is 0 Å². The van der Waals surface area contributed by atoms with E-state index < -0.39 is 45.4 Å². The van der Waals surface area contributed by atoms with Crippen molar-refractivity contribution in [2.45, 2.75) is 91.5 Å². The molecular formula is C27H36O7. The number of Topliss-reactive ketones (excluding diaryl/α,β-unsaturated/α-hetero) is 1. The Morgan fingerprint density at radius 2 is 1.68 bits per heavy atom. The molecule has 0 aromatic carbocycles. The average Bonchev–Trinajstić information content (AvgIpc) is 3.24. The Morgan fingerprint density at radius 1 is 0.971 bits per heavy atom. The van der Waals surface area contributed by atoms with Crippen molar-refractivity contribution in [3.63, 3.8) is 0 Å². The number of cyclic esters (lactones) is 2. The molecule has 0 bridgehead atoms. The van der Waals surface area contributed by atoms with Crippen molar-refractivity contribution in [2.75, 3.05) is 0 Å². The van der Waals surface area contributed by atoms with Crippen molar-refractivity contribution in [1.82, 2.24) is 0 Å². The molecule has 1 aromatic rings. The van der Waals surface area contributed by atoms with Crippen LogP contribution in [0.4, 0.5) is 0 Å². The summed E-state index contributed by atoms with van der Waals surface area (Å²) in [6.07, 6.45) is 3.36. The van der Waals surface area contributed by atoms with Crippen LogP contribution >= 0.6 is 0 Å². The van der Waals surface area contributed by atoms with Crippen LogP contribution in [0.5, 0.6) is 0 Å². The molecule has 7 heteroatoms. The van der Waals surface area contributed by atoms with Crippen molar-refractivity contribution in [1.29, 1.82) is 0 Å². The molecule has 1 aromatic heterocycles. The van der Waals surface area contributed by atoms with Crippen LogP contribution < -0.4 is 0 Å². The zero-order valence-corrected chi connectivity index (χ0v) is 21.0. The lowest BCUT2D eigenvalue weighted by atomic mass is 9.32. The summed E-state index contributed by atoms with van der Waals surface area (Å²) in [5.41, 5.74) is -2.93. The van der Waals surface area contributed by atoms with E-state index in [1.165, 1.54) is 0 Å². The number of carbonyl (C=O) groups excluding carboxylic acids is 3. The molecule has 186 valence electrons. The predicted molar refractivity (Wildman–Crippen MR) is 121 cm³/mol. The first-order valence-electron chi connectivity index (χ1n) is 12.4. The lowest BCUT2D eigenvalue weighted by molar-refractivity contribution is -0.266. The van der Waals surface area contributed by atoms with Crippen LogP contribution in [0.25, 0.3) is 0 Å². The van der Waals surface area contributed by atoms with Gasteiger partial charge < -0.3 is 19.0 Å². The summed E-state index contributed by atoms with van der Waals surface area (Å²) in [6.45, 7) is 11.9. The molecule has 4 aliphatic rings. The fourth-order valence-electron chi connectivity index (χ4n) is 8.78. The number of rotatable bonds is 1. The Morgan fingerprint density at radius 3 is 2.32 bits per heavy atom. The standard InChI is InChI=1S/C27H36O7/c1-23(2)17-11-19(29)27(6)16(26(17,5)18(28)12-20(30)34-23)7-9-24(3)22(15-8-10-32-14-15)33-21(31)13-25(24,27)4/h8,10,14,16-18,22,28H,7,9,11-13H2,1-6H3/t16?,17?,18?,22-,24-,25?,26?,27?/m0/s1. The summed E-state index contributed by atoms with van der Waals surface area (Å²) in [4.78, 5) is 39.8. The van der Waals surface area contributed by atoms with Crippen LogP contribution in [0.2, 0.25) is 0 Å². The molecule has 5 rings (SSSR count). The van der Waals surface area contributed by atoms with Crippen LogP contribution in [-0.4, -0.2) is 34.5 Å². The first-order valence-corrected chi connectivity index (χ1v) is 12.4. The molecule has 0 radical (unpaired) electrons. The molecular weight excluding hydrogens is 436 g/mol. The van der Waals surface area contributed by atoms with Crippen LogP contribution in [0.15, 0.2) is 23.0 Å². The van der Waals surface area contributed by atoms with E-state index in [4.69, 9.17) is 13.9 Å². The van der Waals surface area contributed by atoms with E-state index in [1.807, 2.05) is 33.8 Å². The first kappa shape index (κ1) is 23.6. The summed E-state index contributed by atoms with van der Waals surface area (Å²) < 4.78 is 17.0. The number of aliphatic hydroxyl groups excluding tert-OH is 1. The van der Waals surface area contributed by atoms with Gasteiger partial charge in [0.05, 0.1) is 31.5 Å². The van der Waals surface area contributed by atoms with Crippen molar-refractivity contribution in [2.24, 2.45) is 33.5 Å². The molecule has 34 heavy (non-hydrogen) atoms. The molecule has 8 atom stereocenters. The van der Waals surface area contributed by atoms with Gasteiger partial charge in [-0.3, -0.25) is 14.4 Å². The smallest absolute Gasteiger partial charge is 0.308 e. The minimum absolute atomic E-state index is 0.0762. The lowest BCUT2D eigenvalue weighted by Gasteiger charge is -2.71. The SMILES string of the molecule is CC1(C)OC(=O)CC(O)C2(C)C1CC(=O)C1(C)C2CC[C@@]2(C)[C@H](c3ccoc3)OC(=O)CC12C. The number of hydrogen-bond acceptors (Lipinski definition) is 7. The number of esters is 2. The Hall–Kier alpha value is -2.15. The highest BCUT2D eigenvalue weighted by Crippen LogP contribution is 2.75. The van der Waals surface area contributed by atoms with Gasteiger partial charge in [0.1, 0.15) is 17.5 Å². The van der Waals surface area contributed by atoms with E-state index in [1.54, 1.807) is 12.5 Å². The topological polar surface area (TPSA) is 103 Å². The van der Waals surface area contributed by atoms with E-state index in [0.717, 1.165) is 5.56 Å². The Kier molecular flexibility index (Phi) is 4.83. The molecule has 7 nitrogen and oxygen atoms in total. The number of aliphatic hydroxyl groups is 1. The predicted octanol–water partition coefficient (Wildman–Crippen LogP) is 4.38. The van der Waals surface area contributed by atoms with Crippen molar-refractivity contribution in [3.05, 3.63) is 24.2 Å². The molecule has 2 saturated heterocycles. The highest BCUT2D eigenvalue weighted by Gasteiger charge is 2.76.